The number of nitrogens with two attached hydrogens (primary N) is 1. The Bertz CT molecular complexity index is 729. The van der Waals surface area contributed by atoms with Crippen LogP contribution in [0.1, 0.15) is 0 Å². The molecule has 0 unspecified atom stereocenters. The molecule has 1 heterocycles. The Morgan fingerprint density at radius 2 is 2.20 bits per heavy atom. The molecule has 0 saturated heterocycles. The summed E-state index contributed by atoms with van der Waals surface area (Å²) >= 11 is 5.89. The zero-order chi connectivity index (χ0) is 14.8. The lowest BCUT2D eigenvalue weighted by molar-refractivity contribution is -0.116. The smallest absolute Gasteiger partial charge is 0.246 e. The number of primary sulfonamides is 1. The van der Waals surface area contributed by atoms with Crippen molar-refractivity contribution in [2.45, 2.75) is 11.4 Å². The maximum absolute atomic E-state index is 11.8. The van der Waals surface area contributed by atoms with Gasteiger partial charge in [0.1, 0.15) is 6.54 Å². The number of halogens is 1. The number of hydrogen-bond acceptors (Lipinski definition) is 5. The van der Waals surface area contributed by atoms with Crippen molar-refractivity contribution in [3.63, 3.8) is 0 Å². The zero-order valence-corrected chi connectivity index (χ0v) is 11.6. The Morgan fingerprint density at radius 3 is 2.80 bits per heavy atom. The van der Waals surface area contributed by atoms with Gasteiger partial charge in [0.2, 0.25) is 15.9 Å². The average Bonchev–Trinajstić information content (AvgIpc) is 2.83. The molecule has 0 bridgehead atoms. The van der Waals surface area contributed by atoms with E-state index in [2.05, 4.69) is 15.6 Å². The first-order valence-electron chi connectivity index (χ1n) is 5.32. The van der Waals surface area contributed by atoms with Gasteiger partial charge in [0, 0.05) is 6.20 Å². The van der Waals surface area contributed by atoms with E-state index in [0.717, 1.165) is 0 Å². The van der Waals surface area contributed by atoms with Gasteiger partial charge in [-0.15, -0.1) is 5.10 Å². The monoisotopic (exact) mass is 315 g/mol. The highest BCUT2D eigenvalue weighted by molar-refractivity contribution is 7.89. The minimum atomic E-state index is -3.87. The van der Waals surface area contributed by atoms with Gasteiger partial charge in [-0.2, -0.15) is 0 Å². The lowest BCUT2D eigenvalue weighted by atomic mass is 10.3. The summed E-state index contributed by atoms with van der Waals surface area (Å²) < 4.78 is 23.8. The molecule has 10 heteroatoms. The molecule has 20 heavy (non-hydrogen) atoms. The van der Waals surface area contributed by atoms with Crippen molar-refractivity contribution in [1.82, 2.24) is 15.0 Å². The van der Waals surface area contributed by atoms with Crippen molar-refractivity contribution in [2.75, 3.05) is 5.32 Å². The molecule has 2 rings (SSSR count). The summed E-state index contributed by atoms with van der Waals surface area (Å²) in [7, 11) is -3.87. The van der Waals surface area contributed by atoms with Crippen LogP contribution in [0.25, 0.3) is 0 Å². The van der Waals surface area contributed by atoms with Crippen molar-refractivity contribution in [2.24, 2.45) is 5.14 Å². The van der Waals surface area contributed by atoms with E-state index in [0.29, 0.717) is 0 Å². The van der Waals surface area contributed by atoms with E-state index in [4.69, 9.17) is 16.7 Å². The van der Waals surface area contributed by atoms with Crippen molar-refractivity contribution < 1.29 is 13.2 Å². The van der Waals surface area contributed by atoms with Gasteiger partial charge in [-0.1, -0.05) is 16.8 Å². The maximum atomic E-state index is 11.8. The highest BCUT2D eigenvalue weighted by Gasteiger charge is 2.13. The number of carbonyl (C=O) groups excluding carboxylic acids is 1. The molecule has 1 amide bonds. The minimum Gasteiger partial charge on any atom is -0.323 e. The molecule has 1 aromatic carbocycles. The second-order valence-corrected chi connectivity index (χ2v) is 5.80. The van der Waals surface area contributed by atoms with Gasteiger partial charge in [0.15, 0.2) is 0 Å². The number of sulfonamides is 1. The third-order valence-electron chi connectivity index (χ3n) is 2.32. The van der Waals surface area contributed by atoms with Gasteiger partial charge in [-0.05, 0) is 18.2 Å². The Balaban J connectivity index is 2.18. The second kappa shape index (κ2) is 5.57. The Hall–Kier alpha value is -1.97. The molecule has 0 aliphatic rings. The number of nitrogens with one attached hydrogen (secondary N) is 1. The van der Waals surface area contributed by atoms with Crippen LogP contribution in [0.15, 0.2) is 35.5 Å². The van der Waals surface area contributed by atoms with Gasteiger partial charge >= 0.3 is 0 Å². The van der Waals surface area contributed by atoms with Gasteiger partial charge < -0.3 is 5.32 Å². The first-order chi connectivity index (χ1) is 9.36. The number of rotatable bonds is 4. The lowest BCUT2D eigenvalue weighted by Gasteiger charge is -2.08. The van der Waals surface area contributed by atoms with Crippen molar-refractivity contribution in [3.8, 4) is 0 Å². The summed E-state index contributed by atoms with van der Waals surface area (Å²) in [5.74, 6) is -0.427. The molecule has 0 atom stereocenters. The predicted octanol–water partition coefficient (Wildman–Crippen LogP) is 0.218. The molecule has 3 N–H and O–H groups in total. The van der Waals surface area contributed by atoms with E-state index in [1.165, 1.54) is 35.3 Å². The van der Waals surface area contributed by atoms with Crippen molar-refractivity contribution in [1.29, 1.82) is 0 Å². The Kier molecular flexibility index (Phi) is 4.02. The zero-order valence-electron chi connectivity index (χ0n) is 10.0. The standard InChI is InChI=1S/C10H10ClN5O3S/c11-8-2-1-7(20(12,18)19)5-9(8)14-10(17)6-16-4-3-13-15-16/h1-5H,6H2,(H,14,17)(H2,12,18,19). The molecular weight excluding hydrogens is 306 g/mol. The molecule has 2 aromatic rings. The van der Waals surface area contributed by atoms with Crippen molar-refractivity contribution in [3.05, 3.63) is 35.6 Å². The number of hydrogen-bond donors (Lipinski definition) is 2. The fourth-order valence-electron chi connectivity index (χ4n) is 1.43. The maximum Gasteiger partial charge on any atom is 0.246 e. The van der Waals surface area contributed by atoms with E-state index < -0.39 is 15.9 Å². The van der Waals surface area contributed by atoms with Gasteiger partial charge in [0.05, 0.1) is 21.8 Å². The number of anilines is 1. The van der Waals surface area contributed by atoms with Gasteiger partial charge in [-0.25, -0.2) is 18.2 Å². The van der Waals surface area contributed by atoms with Crippen LogP contribution in [-0.2, 0) is 21.4 Å². The van der Waals surface area contributed by atoms with Crippen LogP contribution in [-0.4, -0.2) is 29.3 Å². The number of aromatic nitrogens is 3. The highest BCUT2D eigenvalue weighted by Crippen LogP contribution is 2.24. The fourth-order valence-corrected chi connectivity index (χ4v) is 2.14. The lowest BCUT2D eigenvalue weighted by Crippen LogP contribution is -2.20. The Labute approximate surface area is 119 Å². The van der Waals surface area contributed by atoms with E-state index in [9.17, 15) is 13.2 Å². The fraction of sp³-hybridized carbons (Fsp3) is 0.100. The summed E-state index contributed by atoms with van der Waals surface area (Å²) in [6.45, 7) is -0.0735. The molecular formula is C10H10ClN5O3S. The summed E-state index contributed by atoms with van der Waals surface area (Å²) in [6.07, 6.45) is 2.95. The molecule has 0 fully saturated rings. The molecule has 0 spiro atoms. The van der Waals surface area contributed by atoms with Gasteiger partial charge in [0.25, 0.3) is 0 Å². The van der Waals surface area contributed by atoms with E-state index in [1.54, 1.807) is 0 Å². The number of nitrogens with zero attached hydrogens (tertiary/aromatic N) is 3. The van der Waals surface area contributed by atoms with Crippen LogP contribution in [0.2, 0.25) is 5.02 Å². The van der Waals surface area contributed by atoms with E-state index in [1.807, 2.05) is 0 Å². The summed E-state index contributed by atoms with van der Waals surface area (Å²) in [4.78, 5) is 11.6. The number of amides is 1. The molecule has 0 aliphatic carbocycles. The normalized spacial score (nSPS) is 11.3. The first-order valence-corrected chi connectivity index (χ1v) is 7.25. The van der Waals surface area contributed by atoms with Crippen LogP contribution >= 0.6 is 11.6 Å². The topological polar surface area (TPSA) is 120 Å². The predicted molar refractivity (Wildman–Crippen MR) is 71.5 cm³/mol. The van der Waals surface area contributed by atoms with Crippen LogP contribution in [0.5, 0.6) is 0 Å². The summed E-state index contributed by atoms with van der Waals surface area (Å²) in [6, 6.07) is 3.79. The molecule has 0 radical (unpaired) electrons. The molecule has 106 valence electrons. The van der Waals surface area contributed by atoms with E-state index in [-0.39, 0.29) is 22.2 Å². The van der Waals surface area contributed by atoms with Crippen molar-refractivity contribution >= 4 is 33.2 Å². The third-order valence-corrected chi connectivity index (χ3v) is 3.56. The quantitative estimate of drug-likeness (QED) is 0.836. The summed E-state index contributed by atoms with van der Waals surface area (Å²) in [5, 5.41) is 14.9. The molecule has 1 aromatic heterocycles. The second-order valence-electron chi connectivity index (χ2n) is 3.84. The first kappa shape index (κ1) is 14.4. The SMILES string of the molecule is NS(=O)(=O)c1ccc(Cl)c(NC(=O)Cn2ccnn2)c1. The molecule has 8 nitrogen and oxygen atoms in total. The van der Waals surface area contributed by atoms with Crippen LogP contribution in [0.3, 0.4) is 0 Å². The Morgan fingerprint density at radius 1 is 1.45 bits per heavy atom. The van der Waals surface area contributed by atoms with Crippen LogP contribution in [0, 0.1) is 0 Å². The number of carbonyl (C=O) groups is 1. The third kappa shape index (κ3) is 3.53. The van der Waals surface area contributed by atoms with Crippen LogP contribution in [0.4, 0.5) is 5.69 Å². The largest absolute Gasteiger partial charge is 0.323 e. The van der Waals surface area contributed by atoms with Crippen LogP contribution < -0.4 is 10.5 Å². The van der Waals surface area contributed by atoms with E-state index >= 15 is 0 Å². The highest BCUT2D eigenvalue weighted by atomic mass is 35.5. The average molecular weight is 316 g/mol. The molecule has 0 aliphatic heterocycles. The number of benzene rings is 1. The minimum absolute atomic E-state index is 0.0735. The summed E-state index contributed by atoms with van der Waals surface area (Å²) in [5.41, 5.74) is 0.156. The van der Waals surface area contributed by atoms with Gasteiger partial charge in [-0.3, -0.25) is 4.79 Å². The molecule has 0 saturated carbocycles.